The molecule has 0 aromatic carbocycles. The van der Waals surface area contributed by atoms with Crippen LogP contribution in [0.3, 0.4) is 0 Å². The van der Waals surface area contributed by atoms with Crippen LogP contribution >= 0.6 is 11.3 Å². The fraction of sp³-hybridized carbons (Fsp3) is 0.375. The van der Waals surface area contributed by atoms with Crippen LogP contribution in [-0.4, -0.2) is 35.5 Å². The topological polar surface area (TPSA) is 57.3 Å². The van der Waals surface area contributed by atoms with Crippen LogP contribution in [0.25, 0.3) is 0 Å². The van der Waals surface area contributed by atoms with Crippen molar-refractivity contribution in [3.05, 3.63) is 46.8 Å². The molecular formula is C16H22N4OS. The van der Waals surface area contributed by atoms with Crippen LogP contribution in [0.5, 0.6) is 0 Å². The summed E-state index contributed by atoms with van der Waals surface area (Å²) in [6.45, 7) is 6.73. The Balaban J connectivity index is 1.95. The average molecular weight is 318 g/mol. The van der Waals surface area contributed by atoms with E-state index in [9.17, 15) is 4.79 Å². The summed E-state index contributed by atoms with van der Waals surface area (Å²) in [5.74, 6) is 0.551. The van der Waals surface area contributed by atoms with Crippen molar-refractivity contribution in [1.29, 1.82) is 0 Å². The Labute approximate surface area is 135 Å². The molecule has 0 aliphatic carbocycles. The summed E-state index contributed by atoms with van der Waals surface area (Å²) in [7, 11) is 0. The van der Waals surface area contributed by atoms with Gasteiger partial charge in [0.05, 0.1) is 6.04 Å². The number of likely N-dealkylation sites (N-methyl/N-ethyl adjacent to an activating group) is 1. The Hall–Kier alpha value is -1.92. The second-order valence-corrected chi connectivity index (χ2v) is 5.62. The van der Waals surface area contributed by atoms with Gasteiger partial charge in [-0.2, -0.15) is 11.3 Å². The second kappa shape index (κ2) is 8.51. The van der Waals surface area contributed by atoms with Crippen molar-refractivity contribution in [1.82, 2.24) is 15.2 Å². The number of hydrogen-bond donors (Lipinski definition) is 2. The molecule has 0 bridgehead atoms. The van der Waals surface area contributed by atoms with Crippen molar-refractivity contribution in [2.24, 2.45) is 0 Å². The van der Waals surface area contributed by atoms with Crippen LogP contribution in [-0.2, 0) is 0 Å². The van der Waals surface area contributed by atoms with Gasteiger partial charge in [-0.3, -0.25) is 10.2 Å². The van der Waals surface area contributed by atoms with Gasteiger partial charge in [0.1, 0.15) is 5.82 Å². The lowest BCUT2D eigenvalue weighted by molar-refractivity contribution is 0.210. The molecule has 0 fully saturated rings. The number of nitrogens with zero attached hydrogens (tertiary/aromatic N) is 2. The summed E-state index contributed by atoms with van der Waals surface area (Å²) in [6.07, 6.45) is 1.65. The quantitative estimate of drug-likeness (QED) is 0.823. The van der Waals surface area contributed by atoms with Crippen molar-refractivity contribution < 1.29 is 4.79 Å². The number of rotatable bonds is 7. The van der Waals surface area contributed by atoms with E-state index in [0.717, 1.165) is 13.1 Å². The van der Waals surface area contributed by atoms with Crippen LogP contribution in [0.15, 0.2) is 41.2 Å². The second-order valence-electron chi connectivity index (χ2n) is 4.84. The van der Waals surface area contributed by atoms with E-state index in [1.165, 1.54) is 5.56 Å². The number of carbonyl (C=O) groups is 1. The summed E-state index contributed by atoms with van der Waals surface area (Å²) in [5, 5.41) is 9.89. The van der Waals surface area contributed by atoms with E-state index in [2.05, 4.69) is 51.2 Å². The number of hydrogen-bond acceptors (Lipinski definition) is 4. The van der Waals surface area contributed by atoms with Crippen LogP contribution < -0.4 is 10.6 Å². The van der Waals surface area contributed by atoms with E-state index in [4.69, 9.17) is 0 Å². The molecule has 0 saturated heterocycles. The van der Waals surface area contributed by atoms with Gasteiger partial charge in [0.15, 0.2) is 0 Å². The predicted molar refractivity (Wildman–Crippen MR) is 91.2 cm³/mol. The maximum Gasteiger partial charge on any atom is 0.320 e. The van der Waals surface area contributed by atoms with E-state index in [1.807, 2.05) is 12.1 Å². The first-order chi connectivity index (χ1) is 10.7. The van der Waals surface area contributed by atoms with Gasteiger partial charge in [-0.05, 0) is 47.6 Å². The molecule has 5 nitrogen and oxygen atoms in total. The molecule has 118 valence electrons. The Morgan fingerprint density at radius 3 is 2.73 bits per heavy atom. The first-order valence-corrected chi connectivity index (χ1v) is 8.40. The maximum atomic E-state index is 12.0. The van der Waals surface area contributed by atoms with Gasteiger partial charge >= 0.3 is 6.03 Å². The molecule has 2 aromatic heterocycles. The minimum Gasteiger partial charge on any atom is -0.336 e. The molecule has 2 N–H and O–H groups in total. The highest BCUT2D eigenvalue weighted by molar-refractivity contribution is 7.07. The fourth-order valence-corrected chi connectivity index (χ4v) is 3.08. The number of pyridine rings is 1. The molecule has 2 heterocycles. The first-order valence-electron chi connectivity index (χ1n) is 7.46. The third kappa shape index (κ3) is 4.54. The minimum absolute atomic E-state index is 0.190. The summed E-state index contributed by atoms with van der Waals surface area (Å²) < 4.78 is 0. The highest BCUT2D eigenvalue weighted by Crippen LogP contribution is 2.22. The van der Waals surface area contributed by atoms with E-state index >= 15 is 0 Å². The van der Waals surface area contributed by atoms with E-state index in [0.29, 0.717) is 12.4 Å². The van der Waals surface area contributed by atoms with Crippen LogP contribution in [0, 0.1) is 0 Å². The largest absolute Gasteiger partial charge is 0.336 e. The monoisotopic (exact) mass is 318 g/mol. The number of aromatic nitrogens is 1. The number of amides is 2. The van der Waals surface area contributed by atoms with Gasteiger partial charge in [-0.15, -0.1) is 0 Å². The van der Waals surface area contributed by atoms with Gasteiger partial charge in [0.2, 0.25) is 0 Å². The fourth-order valence-electron chi connectivity index (χ4n) is 2.37. The molecule has 0 saturated carbocycles. The lowest BCUT2D eigenvalue weighted by Gasteiger charge is -2.29. The molecule has 0 aliphatic heterocycles. The third-order valence-corrected chi connectivity index (χ3v) is 4.25. The Kier molecular flexibility index (Phi) is 6.36. The van der Waals surface area contributed by atoms with Gasteiger partial charge < -0.3 is 5.32 Å². The zero-order valence-corrected chi connectivity index (χ0v) is 13.8. The van der Waals surface area contributed by atoms with Crippen LogP contribution in [0.4, 0.5) is 10.6 Å². The minimum atomic E-state index is -0.230. The zero-order valence-electron chi connectivity index (χ0n) is 13.0. The molecule has 2 rings (SSSR count). The van der Waals surface area contributed by atoms with E-state index < -0.39 is 0 Å². The van der Waals surface area contributed by atoms with Crippen LogP contribution in [0.1, 0.15) is 25.5 Å². The smallest absolute Gasteiger partial charge is 0.320 e. The average Bonchev–Trinajstić information content (AvgIpc) is 3.06. The van der Waals surface area contributed by atoms with Crippen LogP contribution in [0.2, 0.25) is 0 Å². The summed E-state index contributed by atoms with van der Waals surface area (Å²) in [4.78, 5) is 18.4. The van der Waals surface area contributed by atoms with E-state index in [1.54, 1.807) is 23.6 Å². The Morgan fingerprint density at radius 1 is 1.32 bits per heavy atom. The van der Waals surface area contributed by atoms with Crippen molar-refractivity contribution in [3.8, 4) is 0 Å². The zero-order chi connectivity index (χ0) is 15.8. The van der Waals surface area contributed by atoms with E-state index in [-0.39, 0.29) is 12.1 Å². The molecule has 22 heavy (non-hydrogen) atoms. The van der Waals surface area contributed by atoms with Gasteiger partial charge in [-0.1, -0.05) is 19.9 Å². The molecule has 6 heteroatoms. The number of urea groups is 1. The lowest BCUT2D eigenvalue weighted by Crippen LogP contribution is -2.39. The predicted octanol–water partition coefficient (Wildman–Crippen LogP) is 3.35. The first kappa shape index (κ1) is 16.5. The standard InChI is InChI=1S/C16H22N4OS/c1-3-20(4-2)14(13-8-10-22-12-13)11-18-16(21)19-15-7-5-6-9-17-15/h5-10,12,14H,3-4,11H2,1-2H3,(H2,17,18,19,21). The van der Waals surface area contributed by atoms with Crippen molar-refractivity contribution >= 4 is 23.2 Å². The van der Waals surface area contributed by atoms with Gasteiger partial charge in [-0.25, -0.2) is 9.78 Å². The highest BCUT2D eigenvalue weighted by atomic mass is 32.1. The third-order valence-electron chi connectivity index (χ3n) is 3.54. The van der Waals surface area contributed by atoms with Crippen molar-refractivity contribution in [2.75, 3.05) is 25.0 Å². The summed E-state index contributed by atoms with van der Waals surface area (Å²) in [5.41, 5.74) is 1.24. The SMILES string of the molecule is CCN(CC)C(CNC(=O)Nc1ccccn1)c1ccsc1. The van der Waals surface area contributed by atoms with Gasteiger partial charge in [0, 0.05) is 12.7 Å². The molecule has 1 atom stereocenters. The highest BCUT2D eigenvalue weighted by Gasteiger charge is 2.19. The molecule has 0 spiro atoms. The van der Waals surface area contributed by atoms with Crippen molar-refractivity contribution in [2.45, 2.75) is 19.9 Å². The summed E-state index contributed by atoms with van der Waals surface area (Å²) >= 11 is 1.68. The summed E-state index contributed by atoms with van der Waals surface area (Å²) in [6, 6.07) is 7.50. The molecule has 1 unspecified atom stereocenters. The number of thiophene rings is 1. The number of nitrogens with one attached hydrogen (secondary N) is 2. The van der Waals surface area contributed by atoms with Gasteiger partial charge in [0.25, 0.3) is 0 Å². The molecule has 2 amide bonds. The molecule has 2 aromatic rings. The van der Waals surface area contributed by atoms with Crippen molar-refractivity contribution in [3.63, 3.8) is 0 Å². The lowest BCUT2D eigenvalue weighted by atomic mass is 10.1. The normalized spacial score (nSPS) is 12.1. The molecule has 0 aliphatic rings. The maximum absolute atomic E-state index is 12.0. The molecular weight excluding hydrogens is 296 g/mol. The number of carbonyl (C=O) groups excluding carboxylic acids is 1. The number of anilines is 1. The Morgan fingerprint density at radius 2 is 2.14 bits per heavy atom. The molecule has 0 radical (unpaired) electrons. The Bertz CT molecular complexity index is 555.